The molecule has 0 bridgehead atoms. The molecule has 0 amide bonds. The summed E-state index contributed by atoms with van der Waals surface area (Å²) in [6.45, 7) is -1.20. The zero-order valence-electron chi connectivity index (χ0n) is 11.1. The van der Waals surface area contributed by atoms with Gasteiger partial charge < -0.3 is 10.1 Å². The molecule has 1 N–H and O–H groups in total. The second-order valence-corrected chi connectivity index (χ2v) is 4.84. The van der Waals surface area contributed by atoms with E-state index < -0.39 is 18.5 Å². The monoisotopic (exact) mass is 315 g/mol. The van der Waals surface area contributed by atoms with Gasteiger partial charge >= 0.3 is 6.61 Å². The Labute approximate surface area is 125 Å². The summed E-state index contributed by atoms with van der Waals surface area (Å²) in [7, 11) is 0. The van der Waals surface area contributed by atoms with E-state index in [2.05, 4.69) is 10.1 Å². The summed E-state index contributed by atoms with van der Waals surface area (Å²) in [6, 6.07) is 10.0. The first kappa shape index (κ1) is 15.5. The van der Waals surface area contributed by atoms with Gasteiger partial charge in [0.05, 0.1) is 11.7 Å². The van der Waals surface area contributed by atoms with Gasteiger partial charge in [-0.05, 0) is 31.2 Å². The summed E-state index contributed by atoms with van der Waals surface area (Å²) >= 11 is 5.82. The average Bonchev–Trinajstić information content (AvgIpc) is 2.42. The minimum absolute atomic E-state index is 0.0509. The van der Waals surface area contributed by atoms with Gasteiger partial charge in [-0.3, -0.25) is 0 Å². The number of rotatable bonds is 5. The van der Waals surface area contributed by atoms with E-state index in [4.69, 9.17) is 11.6 Å². The number of para-hydroxylation sites is 1. The van der Waals surface area contributed by atoms with Crippen molar-refractivity contribution in [2.75, 3.05) is 5.32 Å². The Morgan fingerprint density at radius 2 is 1.86 bits per heavy atom. The van der Waals surface area contributed by atoms with Gasteiger partial charge in [-0.25, -0.2) is 4.39 Å². The van der Waals surface area contributed by atoms with Gasteiger partial charge in [0.15, 0.2) is 0 Å². The molecule has 0 spiro atoms. The van der Waals surface area contributed by atoms with E-state index in [-0.39, 0.29) is 11.4 Å². The van der Waals surface area contributed by atoms with Crippen LogP contribution in [0.4, 0.5) is 18.9 Å². The first-order valence-corrected chi connectivity index (χ1v) is 6.60. The van der Waals surface area contributed by atoms with Crippen molar-refractivity contribution in [3.8, 4) is 5.75 Å². The van der Waals surface area contributed by atoms with Crippen LogP contribution in [0.1, 0.15) is 18.5 Å². The molecule has 112 valence electrons. The average molecular weight is 316 g/mol. The van der Waals surface area contributed by atoms with Crippen LogP contribution in [0.2, 0.25) is 5.02 Å². The van der Waals surface area contributed by atoms with Crippen LogP contribution < -0.4 is 10.1 Å². The molecule has 0 saturated carbocycles. The number of benzene rings is 2. The molecule has 1 unspecified atom stereocenters. The number of nitrogens with one attached hydrogen (secondary N) is 1. The Bertz CT molecular complexity index is 622. The summed E-state index contributed by atoms with van der Waals surface area (Å²) < 4.78 is 42.9. The van der Waals surface area contributed by atoms with Crippen molar-refractivity contribution in [1.82, 2.24) is 0 Å². The van der Waals surface area contributed by atoms with E-state index in [1.165, 1.54) is 24.3 Å². The summed E-state index contributed by atoms with van der Waals surface area (Å²) in [5.41, 5.74) is 0.694. The van der Waals surface area contributed by atoms with Crippen molar-refractivity contribution in [2.24, 2.45) is 0 Å². The van der Waals surface area contributed by atoms with Crippen LogP contribution in [0.5, 0.6) is 5.75 Å². The molecule has 0 saturated heterocycles. The van der Waals surface area contributed by atoms with Gasteiger partial charge in [0.2, 0.25) is 0 Å². The maximum atomic E-state index is 13.7. The number of hydrogen-bond donors (Lipinski definition) is 1. The highest BCUT2D eigenvalue weighted by atomic mass is 35.5. The standard InChI is InChI=1S/C15H13ClF3NO/c1-9(20-13-8-10(16)6-7-12(13)17)11-4-2-3-5-14(11)21-15(18)19/h2-9,15,20H,1H3. The maximum Gasteiger partial charge on any atom is 0.387 e. The zero-order valence-corrected chi connectivity index (χ0v) is 11.9. The number of ether oxygens (including phenoxy) is 1. The van der Waals surface area contributed by atoms with E-state index in [1.807, 2.05) is 0 Å². The van der Waals surface area contributed by atoms with Crippen LogP contribution in [0.15, 0.2) is 42.5 Å². The Kier molecular flexibility index (Phi) is 4.96. The minimum Gasteiger partial charge on any atom is -0.434 e. The molecule has 1 atom stereocenters. The lowest BCUT2D eigenvalue weighted by atomic mass is 10.1. The predicted molar refractivity (Wildman–Crippen MR) is 76.5 cm³/mol. The number of alkyl halides is 2. The Morgan fingerprint density at radius 1 is 1.14 bits per heavy atom. The first-order valence-electron chi connectivity index (χ1n) is 6.22. The summed E-state index contributed by atoms with van der Waals surface area (Å²) in [6.07, 6.45) is 0. The lowest BCUT2D eigenvalue weighted by Gasteiger charge is -2.19. The molecular formula is C15H13ClF3NO. The highest BCUT2D eigenvalue weighted by Gasteiger charge is 2.15. The zero-order chi connectivity index (χ0) is 15.4. The molecule has 21 heavy (non-hydrogen) atoms. The number of hydrogen-bond acceptors (Lipinski definition) is 2. The fourth-order valence-electron chi connectivity index (χ4n) is 1.96. The number of anilines is 1. The molecule has 6 heteroatoms. The summed E-state index contributed by atoms with van der Waals surface area (Å²) in [4.78, 5) is 0. The molecule has 0 heterocycles. The fraction of sp³-hybridized carbons (Fsp3) is 0.200. The highest BCUT2D eigenvalue weighted by Crippen LogP contribution is 2.30. The van der Waals surface area contributed by atoms with E-state index >= 15 is 0 Å². The highest BCUT2D eigenvalue weighted by molar-refractivity contribution is 6.30. The van der Waals surface area contributed by atoms with E-state index in [9.17, 15) is 13.2 Å². The van der Waals surface area contributed by atoms with Crippen LogP contribution >= 0.6 is 11.6 Å². The molecule has 2 rings (SSSR count). The normalized spacial score (nSPS) is 12.3. The van der Waals surface area contributed by atoms with Crippen molar-refractivity contribution in [3.05, 3.63) is 58.9 Å². The van der Waals surface area contributed by atoms with Crippen molar-refractivity contribution in [2.45, 2.75) is 19.6 Å². The smallest absolute Gasteiger partial charge is 0.387 e. The van der Waals surface area contributed by atoms with Crippen LogP contribution in [0.3, 0.4) is 0 Å². The predicted octanol–water partition coefficient (Wildman–Crippen LogP) is 5.25. The molecule has 0 aliphatic heterocycles. The first-order chi connectivity index (χ1) is 9.97. The van der Waals surface area contributed by atoms with Crippen LogP contribution in [0, 0.1) is 5.82 Å². The van der Waals surface area contributed by atoms with Crippen LogP contribution in [0.25, 0.3) is 0 Å². The Morgan fingerprint density at radius 3 is 2.57 bits per heavy atom. The van der Waals surface area contributed by atoms with E-state index in [0.717, 1.165) is 0 Å². The third kappa shape index (κ3) is 4.04. The molecule has 2 aromatic carbocycles. The third-order valence-electron chi connectivity index (χ3n) is 2.90. The largest absolute Gasteiger partial charge is 0.434 e. The molecule has 0 aliphatic rings. The molecule has 0 aromatic heterocycles. The van der Waals surface area contributed by atoms with Gasteiger partial charge in [0, 0.05) is 10.6 Å². The Balaban J connectivity index is 2.24. The molecule has 2 nitrogen and oxygen atoms in total. The van der Waals surface area contributed by atoms with Crippen LogP contribution in [-0.4, -0.2) is 6.61 Å². The third-order valence-corrected chi connectivity index (χ3v) is 3.14. The van der Waals surface area contributed by atoms with Crippen molar-refractivity contribution in [3.63, 3.8) is 0 Å². The van der Waals surface area contributed by atoms with Crippen molar-refractivity contribution >= 4 is 17.3 Å². The second-order valence-electron chi connectivity index (χ2n) is 4.41. The molecular weight excluding hydrogens is 303 g/mol. The number of halogens is 4. The van der Waals surface area contributed by atoms with Gasteiger partial charge in [-0.2, -0.15) is 8.78 Å². The summed E-state index contributed by atoms with van der Waals surface area (Å²) in [5.74, 6) is -0.423. The fourth-order valence-corrected chi connectivity index (χ4v) is 2.13. The van der Waals surface area contributed by atoms with Gasteiger partial charge in [-0.15, -0.1) is 0 Å². The van der Waals surface area contributed by atoms with Crippen LogP contribution in [-0.2, 0) is 0 Å². The van der Waals surface area contributed by atoms with Gasteiger partial charge in [0.1, 0.15) is 11.6 Å². The SMILES string of the molecule is CC(Nc1cc(Cl)ccc1F)c1ccccc1OC(F)F. The lowest BCUT2D eigenvalue weighted by Crippen LogP contribution is -2.11. The topological polar surface area (TPSA) is 21.3 Å². The van der Waals surface area contributed by atoms with Gasteiger partial charge in [0.25, 0.3) is 0 Å². The quantitative estimate of drug-likeness (QED) is 0.813. The van der Waals surface area contributed by atoms with Crippen molar-refractivity contribution < 1.29 is 17.9 Å². The lowest BCUT2D eigenvalue weighted by molar-refractivity contribution is -0.0505. The van der Waals surface area contributed by atoms with Crippen molar-refractivity contribution in [1.29, 1.82) is 0 Å². The summed E-state index contributed by atoms with van der Waals surface area (Å²) in [5, 5.41) is 3.27. The Hall–Kier alpha value is -1.88. The molecule has 0 fully saturated rings. The van der Waals surface area contributed by atoms with Gasteiger partial charge in [-0.1, -0.05) is 29.8 Å². The van der Waals surface area contributed by atoms with E-state index in [0.29, 0.717) is 10.6 Å². The second kappa shape index (κ2) is 6.72. The molecule has 0 radical (unpaired) electrons. The molecule has 0 aliphatic carbocycles. The maximum absolute atomic E-state index is 13.7. The van der Waals surface area contributed by atoms with E-state index in [1.54, 1.807) is 25.1 Å². The minimum atomic E-state index is -2.92. The molecule has 2 aromatic rings.